The van der Waals surface area contributed by atoms with Gasteiger partial charge >= 0.3 is 0 Å². The molecule has 0 amide bonds. The van der Waals surface area contributed by atoms with Crippen LogP contribution in [0.5, 0.6) is 5.75 Å². The van der Waals surface area contributed by atoms with Crippen LogP contribution < -0.4 is 4.74 Å². The zero-order valence-electron chi connectivity index (χ0n) is 10.5. The molecule has 18 heavy (non-hydrogen) atoms. The number of ether oxygens (including phenoxy) is 3. The lowest BCUT2D eigenvalue weighted by atomic mass is 9.63. The molecule has 0 aromatic heterocycles. The predicted octanol–water partition coefficient (Wildman–Crippen LogP) is 1.74. The third-order valence-electron chi connectivity index (χ3n) is 4.11. The zero-order valence-corrected chi connectivity index (χ0v) is 10.5. The topological polar surface area (TPSA) is 44.8 Å². The second-order valence-corrected chi connectivity index (χ2v) is 4.80. The van der Waals surface area contributed by atoms with E-state index < -0.39 is 5.79 Å². The number of methoxy groups -OCH3 is 2. The number of carbonyl (C=O) groups is 1. The molecule has 96 valence electrons. The first kappa shape index (κ1) is 11.7. The Kier molecular flexibility index (Phi) is 2.64. The predicted molar refractivity (Wildman–Crippen MR) is 64.5 cm³/mol. The van der Waals surface area contributed by atoms with E-state index in [1.807, 2.05) is 24.3 Å². The van der Waals surface area contributed by atoms with E-state index in [0.29, 0.717) is 6.42 Å². The van der Waals surface area contributed by atoms with Gasteiger partial charge in [0, 0.05) is 32.1 Å². The van der Waals surface area contributed by atoms with Crippen LogP contribution in [0.1, 0.15) is 17.9 Å². The molecule has 1 aromatic carbocycles. The third-order valence-corrected chi connectivity index (χ3v) is 4.11. The molecular formula is C14H16O4. The Morgan fingerprint density at radius 2 is 2.00 bits per heavy atom. The molecular weight excluding hydrogens is 232 g/mol. The number of Topliss-reactive ketones (excluding diaryl/α,β-unsaturated/α-hetero) is 1. The summed E-state index contributed by atoms with van der Waals surface area (Å²) >= 11 is 0. The van der Waals surface area contributed by atoms with E-state index in [1.165, 1.54) is 0 Å². The molecule has 2 aliphatic rings. The van der Waals surface area contributed by atoms with Crippen molar-refractivity contribution in [1.82, 2.24) is 0 Å². The lowest BCUT2D eigenvalue weighted by Crippen LogP contribution is -2.57. The number of carbonyl (C=O) groups excluding carboxylic acids is 1. The van der Waals surface area contributed by atoms with Crippen molar-refractivity contribution in [3.63, 3.8) is 0 Å². The summed E-state index contributed by atoms with van der Waals surface area (Å²) in [4.78, 5) is 12.0. The maximum Gasteiger partial charge on any atom is 0.175 e. The average Bonchev–Trinajstić information content (AvgIpc) is 2.48. The van der Waals surface area contributed by atoms with Gasteiger partial charge in [-0.3, -0.25) is 4.79 Å². The van der Waals surface area contributed by atoms with E-state index >= 15 is 0 Å². The fourth-order valence-electron chi connectivity index (χ4n) is 3.08. The monoisotopic (exact) mass is 248 g/mol. The van der Waals surface area contributed by atoms with Gasteiger partial charge in [0.05, 0.1) is 5.92 Å². The van der Waals surface area contributed by atoms with E-state index in [-0.39, 0.29) is 24.2 Å². The summed E-state index contributed by atoms with van der Waals surface area (Å²) < 4.78 is 16.6. The number of ketones is 1. The van der Waals surface area contributed by atoms with Crippen molar-refractivity contribution in [3.8, 4) is 5.75 Å². The highest BCUT2D eigenvalue weighted by molar-refractivity contribution is 5.86. The maximum atomic E-state index is 12.0. The lowest BCUT2D eigenvalue weighted by Gasteiger charge is -2.51. The van der Waals surface area contributed by atoms with Crippen LogP contribution in [-0.4, -0.2) is 32.4 Å². The number of para-hydroxylation sites is 1. The molecule has 1 heterocycles. The smallest absolute Gasteiger partial charge is 0.175 e. The quantitative estimate of drug-likeness (QED) is 0.748. The fourth-order valence-corrected chi connectivity index (χ4v) is 3.08. The van der Waals surface area contributed by atoms with Crippen LogP contribution in [0.4, 0.5) is 0 Å². The van der Waals surface area contributed by atoms with Gasteiger partial charge in [0.15, 0.2) is 11.6 Å². The highest BCUT2D eigenvalue weighted by Gasteiger charge is 2.60. The van der Waals surface area contributed by atoms with Gasteiger partial charge in [0.25, 0.3) is 0 Å². The summed E-state index contributed by atoms with van der Waals surface area (Å²) in [6.07, 6.45) is 0.598. The first-order valence-corrected chi connectivity index (χ1v) is 6.06. The third kappa shape index (κ3) is 1.42. The standard InChI is InChI=1S/C14H16O4/c1-16-14(17-2)7-10-11(15)8-18-12-6-4-3-5-9(12)13(10)14/h3-6,10,13H,7-8H2,1-2H3/t10-,13+/m1/s1. The molecule has 0 unspecified atom stereocenters. The molecule has 3 rings (SSSR count). The maximum absolute atomic E-state index is 12.0. The molecule has 1 aliphatic carbocycles. The molecule has 0 saturated heterocycles. The van der Waals surface area contributed by atoms with Gasteiger partial charge in [-0.2, -0.15) is 0 Å². The molecule has 1 fully saturated rings. The summed E-state index contributed by atoms with van der Waals surface area (Å²) in [5, 5.41) is 0. The lowest BCUT2D eigenvalue weighted by molar-refractivity contribution is -0.281. The molecule has 0 radical (unpaired) electrons. The van der Waals surface area contributed by atoms with Crippen LogP contribution in [0, 0.1) is 5.92 Å². The molecule has 1 aliphatic heterocycles. The van der Waals surface area contributed by atoms with Crippen molar-refractivity contribution in [2.75, 3.05) is 20.8 Å². The number of hydrogen-bond acceptors (Lipinski definition) is 4. The van der Waals surface area contributed by atoms with Crippen molar-refractivity contribution < 1.29 is 19.0 Å². The summed E-state index contributed by atoms with van der Waals surface area (Å²) in [6, 6.07) is 7.73. The number of benzene rings is 1. The Bertz CT molecular complexity index is 478. The molecule has 0 bridgehead atoms. The van der Waals surface area contributed by atoms with Crippen LogP contribution in [0.25, 0.3) is 0 Å². The van der Waals surface area contributed by atoms with Crippen molar-refractivity contribution in [1.29, 1.82) is 0 Å². The largest absolute Gasteiger partial charge is 0.486 e. The van der Waals surface area contributed by atoms with Crippen LogP contribution in [0.3, 0.4) is 0 Å². The van der Waals surface area contributed by atoms with Crippen molar-refractivity contribution >= 4 is 5.78 Å². The SMILES string of the molecule is COC1(OC)C[C@@H]2C(=O)COc3ccccc3[C@@H]21. The van der Waals surface area contributed by atoms with E-state index in [9.17, 15) is 4.79 Å². The second kappa shape index (κ2) is 4.07. The second-order valence-electron chi connectivity index (χ2n) is 4.80. The molecule has 0 spiro atoms. The van der Waals surface area contributed by atoms with Gasteiger partial charge < -0.3 is 14.2 Å². The summed E-state index contributed by atoms with van der Waals surface area (Å²) in [5.74, 6) is 0.0640. The molecule has 4 heteroatoms. The highest BCUT2D eigenvalue weighted by atomic mass is 16.7. The minimum atomic E-state index is -0.690. The van der Waals surface area contributed by atoms with Gasteiger partial charge in [-0.1, -0.05) is 18.2 Å². The van der Waals surface area contributed by atoms with Crippen LogP contribution in [0.15, 0.2) is 24.3 Å². The first-order chi connectivity index (χ1) is 8.72. The van der Waals surface area contributed by atoms with Gasteiger partial charge in [0.1, 0.15) is 12.4 Å². The molecule has 0 N–H and O–H groups in total. The molecule has 1 saturated carbocycles. The minimum absolute atomic E-state index is 0.0615. The average molecular weight is 248 g/mol. The Hall–Kier alpha value is -1.39. The van der Waals surface area contributed by atoms with Gasteiger partial charge in [-0.05, 0) is 6.07 Å². The van der Waals surface area contributed by atoms with Gasteiger partial charge in [0.2, 0.25) is 0 Å². The molecule has 1 aromatic rings. The van der Waals surface area contributed by atoms with Crippen LogP contribution >= 0.6 is 0 Å². The summed E-state index contributed by atoms with van der Waals surface area (Å²) in [7, 11) is 3.25. The normalized spacial score (nSPS) is 28.4. The van der Waals surface area contributed by atoms with Crippen LogP contribution in [0.2, 0.25) is 0 Å². The summed E-state index contributed by atoms with van der Waals surface area (Å²) in [5.41, 5.74) is 1.00. The van der Waals surface area contributed by atoms with Crippen molar-refractivity contribution in [3.05, 3.63) is 29.8 Å². The summed E-state index contributed by atoms with van der Waals surface area (Å²) in [6.45, 7) is 0.141. The molecule has 4 nitrogen and oxygen atoms in total. The fraction of sp³-hybridized carbons (Fsp3) is 0.500. The van der Waals surface area contributed by atoms with Crippen LogP contribution in [-0.2, 0) is 14.3 Å². The van der Waals surface area contributed by atoms with Gasteiger partial charge in [-0.25, -0.2) is 0 Å². The number of fused-ring (bicyclic) bond motifs is 3. The van der Waals surface area contributed by atoms with E-state index in [4.69, 9.17) is 14.2 Å². The number of hydrogen-bond donors (Lipinski definition) is 0. The van der Waals surface area contributed by atoms with E-state index in [2.05, 4.69) is 0 Å². The Morgan fingerprint density at radius 3 is 2.72 bits per heavy atom. The van der Waals surface area contributed by atoms with E-state index in [0.717, 1.165) is 11.3 Å². The molecule has 2 atom stereocenters. The van der Waals surface area contributed by atoms with Gasteiger partial charge in [-0.15, -0.1) is 0 Å². The Morgan fingerprint density at radius 1 is 1.28 bits per heavy atom. The first-order valence-electron chi connectivity index (χ1n) is 6.06. The minimum Gasteiger partial charge on any atom is -0.486 e. The van der Waals surface area contributed by atoms with E-state index in [1.54, 1.807) is 14.2 Å². The Balaban J connectivity index is 2.08. The Labute approximate surface area is 106 Å². The number of rotatable bonds is 2. The zero-order chi connectivity index (χ0) is 12.8. The highest BCUT2D eigenvalue weighted by Crippen LogP contribution is 2.56. The van der Waals surface area contributed by atoms with Crippen molar-refractivity contribution in [2.24, 2.45) is 5.92 Å². The van der Waals surface area contributed by atoms with Crippen molar-refractivity contribution in [2.45, 2.75) is 18.1 Å².